The minimum absolute atomic E-state index is 0.337. The van der Waals surface area contributed by atoms with Crippen molar-refractivity contribution in [3.05, 3.63) is 102 Å². The van der Waals surface area contributed by atoms with E-state index in [0.29, 0.717) is 29.5 Å². The second-order valence-electron chi connectivity index (χ2n) is 8.71. The Bertz CT molecular complexity index is 1620. The Labute approximate surface area is 208 Å². The van der Waals surface area contributed by atoms with Crippen molar-refractivity contribution in [2.45, 2.75) is 25.9 Å². The maximum atomic E-state index is 9.25. The first kappa shape index (κ1) is 21.7. The SMILES string of the molecule is N#Cc1ccccc1OCc1cccc(Oc2ccc(-n3c4c(c5ncnc(N)c53)CCC4)cc2)c1. The number of nitrogens with zero attached hydrogens (tertiary/aromatic N) is 4. The molecular weight excluding hydrogens is 450 g/mol. The summed E-state index contributed by atoms with van der Waals surface area (Å²) < 4.78 is 14.2. The number of nitrogens with two attached hydrogens (primary N) is 1. The summed E-state index contributed by atoms with van der Waals surface area (Å²) in [5.74, 6) is 2.49. The molecule has 0 saturated heterocycles. The molecule has 5 aromatic rings. The van der Waals surface area contributed by atoms with Gasteiger partial charge in [0.15, 0.2) is 5.82 Å². The zero-order chi connectivity index (χ0) is 24.5. The Hall–Kier alpha value is -4.83. The molecule has 2 N–H and O–H groups in total. The number of aryl methyl sites for hydroxylation is 1. The minimum Gasteiger partial charge on any atom is -0.488 e. The van der Waals surface area contributed by atoms with Gasteiger partial charge in [-0.2, -0.15) is 5.26 Å². The summed E-state index contributed by atoms with van der Waals surface area (Å²) >= 11 is 0. The Kier molecular flexibility index (Phi) is 5.47. The highest BCUT2D eigenvalue weighted by Crippen LogP contribution is 2.36. The molecule has 0 spiro atoms. The Morgan fingerprint density at radius 1 is 0.944 bits per heavy atom. The van der Waals surface area contributed by atoms with E-state index in [1.807, 2.05) is 60.7 Å². The fraction of sp³-hybridized carbons (Fsp3) is 0.138. The van der Waals surface area contributed by atoms with Crippen LogP contribution in [0.1, 0.15) is 28.8 Å². The second kappa shape index (κ2) is 9.08. The quantitative estimate of drug-likeness (QED) is 0.338. The van der Waals surface area contributed by atoms with Gasteiger partial charge in [0.05, 0.1) is 11.1 Å². The van der Waals surface area contributed by atoms with E-state index in [1.54, 1.807) is 18.5 Å². The van der Waals surface area contributed by atoms with Gasteiger partial charge in [0.1, 0.15) is 41.8 Å². The van der Waals surface area contributed by atoms with Crippen LogP contribution in [0, 0.1) is 11.3 Å². The van der Waals surface area contributed by atoms with Gasteiger partial charge in [-0.1, -0.05) is 24.3 Å². The Morgan fingerprint density at radius 3 is 2.67 bits per heavy atom. The first-order chi connectivity index (χ1) is 17.7. The molecule has 2 aromatic heterocycles. The highest BCUT2D eigenvalue weighted by molar-refractivity contribution is 5.91. The van der Waals surface area contributed by atoms with Gasteiger partial charge in [0.2, 0.25) is 0 Å². The summed E-state index contributed by atoms with van der Waals surface area (Å²) in [4.78, 5) is 8.75. The van der Waals surface area contributed by atoms with Gasteiger partial charge in [0.25, 0.3) is 0 Å². The number of hydrogen-bond donors (Lipinski definition) is 1. The average Bonchev–Trinajstić information content (AvgIpc) is 3.51. The van der Waals surface area contributed by atoms with E-state index in [9.17, 15) is 5.26 Å². The lowest BCUT2D eigenvalue weighted by Gasteiger charge is -2.12. The van der Waals surface area contributed by atoms with E-state index in [2.05, 4.69) is 20.6 Å². The predicted octanol–water partition coefficient (Wildman–Crippen LogP) is 5.73. The Balaban J connectivity index is 1.22. The number of ether oxygens (including phenoxy) is 2. The smallest absolute Gasteiger partial charge is 0.151 e. The lowest BCUT2D eigenvalue weighted by Crippen LogP contribution is -2.02. The summed E-state index contributed by atoms with van der Waals surface area (Å²) in [6.45, 7) is 0.337. The average molecular weight is 474 g/mol. The summed E-state index contributed by atoms with van der Waals surface area (Å²) in [6.07, 6.45) is 4.67. The van der Waals surface area contributed by atoms with Crippen LogP contribution in [0.4, 0.5) is 5.82 Å². The number of rotatable bonds is 6. The monoisotopic (exact) mass is 473 g/mol. The highest BCUT2D eigenvalue weighted by Gasteiger charge is 2.25. The van der Waals surface area contributed by atoms with Gasteiger partial charge in [-0.15, -0.1) is 0 Å². The molecule has 36 heavy (non-hydrogen) atoms. The van der Waals surface area contributed by atoms with E-state index in [0.717, 1.165) is 47.3 Å². The van der Waals surface area contributed by atoms with Crippen molar-refractivity contribution in [2.24, 2.45) is 0 Å². The van der Waals surface area contributed by atoms with Crippen molar-refractivity contribution >= 4 is 16.9 Å². The molecule has 1 aliphatic carbocycles. The third-order valence-corrected chi connectivity index (χ3v) is 6.45. The summed E-state index contributed by atoms with van der Waals surface area (Å²) in [5.41, 5.74) is 13.1. The number of nitrogen functional groups attached to an aromatic ring is 1. The van der Waals surface area contributed by atoms with Crippen molar-refractivity contribution < 1.29 is 9.47 Å². The summed E-state index contributed by atoms with van der Waals surface area (Å²) in [6, 6.07) is 25.1. The van der Waals surface area contributed by atoms with Gasteiger partial charge in [-0.25, -0.2) is 9.97 Å². The second-order valence-corrected chi connectivity index (χ2v) is 8.71. The van der Waals surface area contributed by atoms with E-state index in [1.165, 1.54) is 11.3 Å². The summed E-state index contributed by atoms with van der Waals surface area (Å²) in [7, 11) is 0. The van der Waals surface area contributed by atoms with Crippen molar-refractivity contribution in [1.82, 2.24) is 14.5 Å². The summed E-state index contributed by atoms with van der Waals surface area (Å²) in [5, 5.41) is 9.25. The molecule has 0 unspecified atom stereocenters. The van der Waals surface area contributed by atoms with Crippen LogP contribution in [-0.2, 0) is 19.4 Å². The van der Waals surface area contributed by atoms with Crippen LogP contribution < -0.4 is 15.2 Å². The molecule has 7 nitrogen and oxygen atoms in total. The first-order valence-electron chi connectivity index (χ1n) is 11.8. The van der Waals surface area contributed by atoms with Crippen molar-refractivity contribution in [2.75, 3.05) is 5.73 Å². The van der Waals surface area contributed by atoms with Crippen LogP contribution in [0.15, 0.2) is 79.1 Å². The molecule has 0 saturated carbocycles. The number of para-hydroxylation sites is 1. The number of nitriles is 1. The van der Waals surface area contributed by atoms with Gasteiger partial charge in [-0.05, 0) is 78.9 Å². The van der Waals surface area contributed by atoms with Crippen LogP contribution in [0.3, 0.4) is 0 Å². The molecule has 0 fully saturated rings. The molecule has 6 rings (SSSR count). The van der Waals surface area contributed by atoms with E-state index in [4.69, 9.17) is 15.2 Å². The first-order valence-corrected chi connectivity index (χ1v) is 11.8. The molecule has 0 aliphatic heterocycles. The van der Waals surface area contributed by atoms with Crippen molar-refractivity contribution in [3.63, 3.8) is 0 Å². The molecule has 0 radical (unpaired) electrons. The van der Waals surface area contributed by atoms with E-state index in [-0.39, 0.29) is 0 Å². The predicted molar refractivity (Wildman–Crippen MR) is 137 cm³/mol. The van der Waals surface area contributed by atoms with Crippen LogP contribution in [0.25, 0.3) is 16.7 Å². The molecule has 3 aromatic carbocycles. The third-order valence-electron chi connectivity index (χ3n) is 6.45. The number of aromatic nitrogens is 3. The topological polar surface area (TPSA) is 99.0 Å². The van der Waals surface area contributed by atoms with Crippen LogP contribution >= 0.6 is 0 Å². The molecule has 0 bridgehead atoms. The highest BCUT2D eigenvalue weighted by atomic mass is 16.5. The molecular formula is C29H23N5O2. The molecule has 0 amide bonds. The number of hydrogen-bond acceptors (Lipinski definition) is 6. The maximum absolute atomic E-state index is 9.25. The lowest BCUT2D eigenvalue weighted by molar-refractivity contribution is 0.304. The standard InChI is InChI=1S/C29H23N5O2/c30-16-20-6-1-2-10-26(20)35-17-19-5-3-7-23(15-19)36-22-13-11-21(12-14-22)34-25-9-4-8-24(25)27-28(34)29(31)33-18-32-27/h1-3,5-7,10-15,18H,4,8-9,17H2,(H2,31,32,33). The van der Waals surface area contributed by atoms with Crippen LogP contribution in [0.5, 0.6) is 17.2 Å². The minimum atomic E-state index is 0.337. The number of benzene rings is 3. The molecule has 1 aliphatic rings. The van der Waals surface area contributed by atoms with Crippen molar-refractivity contribution in [1.29, 1.82) is 5.26 Å². The fourth-order valence-electron chi connectivity index (χ4n) is 4.83. The third kappa shape index (κ3) is 3.89. The van der Waals surface area contributed by atoms with Crippen LogP contribution in [0.2, 0.25) is 0 Å². The molecule has 0 atom stereocenters. The Morgan fingerprint density at radius 2 is 1.81 bits per heavy atom. The normalized spacial score (nSPS) is 12.3. The molecule has 7 heteroatoms. The van der Waals surface area contributed by atoms with Gasteiger partial charge in [-0.3, -0.25) is 0 Å². The van der Waals surface area contributed by atoms with Gasteiger partial charge in [0, 0.05) is 11.4 Å². The van der Waals surface area contributed by atoms with Gasteiger partial charge < -0.3 is 19.8 Å². The molecule has 176 valence electrons. The molecule has 2 heterocycles. The maximum Gasteiger partial charge on any atom is 0.151 e. The lowest BCUT2D eigenvalue weighted by atomic mass is 10.2. The van der Waals surface area contributed by atoms with E-state index < -0.39 is 0 Å². The zero-order valence-electron chi connectivity index (χ0n) is 19.5. The number of anilines is 1. The number of fused-ring (bicyclic) bond motifs is 3. The van der Waals surface area contributed by atoms with E-state index >= 15 is 0 Å². The zero-order valence-corrected chi connectivity index (χ0v) is 19.5. The van der Waals surface area contributed by atoms with Crippen molar-refractivity contribution in [3.8, 4) is 29.0 Å². The van der Waals surface area contributed by atoms with Gasteiger partial charge >= 0.3 is 0 Å². The largest absolute Gasteiger partial charge is 0.488 e. The fourth-order valence-corrected chi connectivity index (χ4v) is 4.83. The van der Waals surface area contributed by atoms with Crippen LogP contribution in [-0.4, -0.2) is 14.5 Å².